The Kier molecular flexibility index (Phi) is 3.65. The molecule has 0 N–H and O–H groups in total. The van der Waals surface area contributed by atoms with Gasteiger partial charge in [-0.05, 0) is 10.8 Å². The van der Waals surface area contributed by atoms with Gasteiger partial charge in [0.25, 0.3) is 0 Å². The van der Waals surface area contributed by atoms with Crippen molar-refractivity contribution >= 4 is 6.47 Å². The number of hydrogen-bond donors (Lipinski definition) is 0. The molecule has 93 valence electrons. The summed E-state index contributed by atoms with van der Waals surface area (Å²) in [5.74, 6) is 0.655. The molecule has 0 unspecified atom stereocenters. The van der Waals surface area contributed by atoms with Gasteiger partial charge in [-0.25, -0.2) is 4.79 Å². The summed E-state index contributed by atoms with van der Waals surface area (Å²) in [6, 6.07) is 6.02. The maximum absolute atomic E-state index is 10.6. The van der Waals surface area contributed by atoms with Gasteiger partial charge in [-0.1, -0.05) is 59.7 Å². The highest BCUT2D eigenvalue weighted by Gasteiger charge is 2.26. The molecule has 0 aliphatic heterocycles. The van der Waals surface area contributed by atoms with Gasteiger partial charge in [-0.3, -0.25) is 0 Å². The van der Waals surface area contributed by atoms with Crippen LogP contribution in [0.4, 0.5) is 0 Å². The van der Waals surface area contributed by atoms with Gasteiger partial charge in [0.1, 0.15) is 5.75 Å². The molecule has 0 spiro atoms. The van der Waals surface area contributed by atoms with E-state index in [-0.39, 0.29) is 10.8 Å². The molecular formula is C15H21O2. The Morgan fingerprint density at radius 1 is 0.941 bits per heavy atom. The summed E-state index contributed by atoms with van der Waals surface area (Å²) in [6.07, 6.45) is 0. The van der Waals surface area contributed by atoms with Gasteiger partial charge in [0, 0.05) is 11.1 Å². The Labute approximate surface area is 104 Å². The van der Waals surface area contributed by atoms with Gasteiger partial charge in [0.2, 0.25) is 0 Å². The van der Waals surface area contributed by atoms with Gasteiger partial charge in [0.05, 0.1) is 0 Å². The Morgan fingerprint density at radius 2 is 1.35 bits per heavy atom. The summed E-state index contributed by atoms with van der Waals surface area (Å²) in [5.41, 5.74) is 1.95. The summed E-state index contributed by atoms with van der Waals surface area (Å²) < 4.78 is 5.12. The van der Waals surface area contributed by atoms with E-state index in [4.69, 9.17) is 4.74 Å². The molecule has 0 saturated carbocycles. The first-order valence-electron chi connectivity index (χ1n) is 5.86. The fraction of sp³-hybridized carbons (Fsp3) is 0.533. The average molecular weight is 233 g/mol. The lowest BCUT2D eigenvalue weighted by Gasteiger charge is -2.27. The molecule has 0 aromatic heterocycles. The highest BCUT2D eigenvalue weighted by molar-refractivity contribution is 5.55. The van der Waals surface area contributed by atoms with Crippen LogP contribution >= 0.6 is 0 Å². The van der Waals surface area contributed by atoms with E-state index in [1.54, 1.807) is 6.47 Å². The van der Waals surface area contributed by atoms with Crippen molar-refractivity contribution in [3.8, 4) is 5.75 Å². The Bertz CT molecular complexity index is 374. The van der Waals surface area contributed by atoms with Crippen molar-refractivity contribution in [3.63, 3.8) is 0 Å². The van der Waals surface area contributed by atoms with E-state index < -0.39 is 0 Å². The molecule has 1 rings (SSSR count). The molecule has 0 fully saturated rings. The van der Waals surface area contributed by atoms with Crippen LogP contribution < -0.4 is 4.74 Å². The van der Waals surface area contributed by atoms with Crippen molar-refractivity contribution in [1.29, 1.82) is 0 Å². The summed E-state index contributed by atoms with van der Waals surface area (Å²) in [6.45, 7) is 14.2. The van der Waals surface area contributed by atoms with E-state index in [1.165, 1.54) is 0 Å². The maximum Gasteiger partial charge on any atom is 0.423 e. The van der Waals surface area contributed by atoms with Crippen LogP contribution in [0.1, 0.15) is 52.7 Å². The van der Waals surface area contributed by atoms with E-state index in [0.29, 0.717) is 5.75 Å². The van der Waals surface area contributed by atoms with Crippen LogP contribution in [0.25, 0.3) is 0 Å². The number of carbonyl (C=O) groups excluding carboxylic acids is 1. The van der Waals surface area contributed by atoms with Crippen LogP contribution in [-0.4, -0.2) is 6.47 Å². The Morgan fingerprint density at radius 3 is 1.65 bits per heavy atom. The molecule has 0 heterocycles. The summed E-state index contributed by atoms with van der Waals surface area (Å²) in [4.78, 5) is 10.6. The highest BCUT2D eigenvalue weighted by Crippen LogP contribution is 2.39. The average Bonchev–Trinajstić information content (AvgIpc) is 2.15. The second-order valence-corrected chi connectivity index (χ2v) is 6.37. The van der Waals surface area contributed by atoms with E-state index in [2.05, 4.69) is 41.5 Å². The monoisotopic (exact) mass is 233 g/mol. The Balaban J connectivity index is 3.48. The molecule has 2 nitrogen and oxygen atoms in total. The van der Waals surface area contributed by atoms with Crippen LogP contribution in [0, 0.1) is 0 Å². The van der Waals surface area contributed by atoms with E-state index in [9.17, 15) is 4.79 Å². The first-order chi connectivity index (χ1) is 7.68. The third kappa shape index (κ3) is 3.09. The predicted molar refractivity (Wildman–Crippen MR) is 70.2 cm³/mol. The van der Waals surface area contributed by atoms with Crippen LogP contribution in [0.15, 0.2) is 18.2 Å². The number of rotatable bonds is 2. The van der Waals surface area contributed by atoms with Crippen molar-refractivity contribution < 1.29 is 9.53 Å². The molecule has 1 aromatic rings. The van der Waals surface area contributed by atoms with Gasteiger partial charge in [-0.2, -0.15) is 0 Å². The van der Waals surface area contributed by atoms with Crippen molar-refractivity contribution in [2.45, 2.75) is 52.4 Å². The maximum atomic E-state index is 10.6. The molecule has 0 aliphatic rings. The fourth-order valence-electron chi connectivity index (χ4n) is 1.87. The minimum absolute atomic E-state index is 0.0621. The standard InChI is InChI=1S/C15H21O2/c1-14(2,3)11-8-7-9-12(15(4,5)6)13(11)17-10-16/h7-9H,1-6H3. The van der Waals surface area contributed by atoms with E-state index in [1.807, 2.05) is 18.2 Å². The van der Waals surface area contributed by atoms with Crippen LogP contribution in [0.5, 0.6) is 5.75 Å². The zero-order valence-corrected chi connectivity index (χ0v) is 11.5. The minimum Gasteiger partial charge on any atom is -0.417 e. The highest BCUT2D eigenvalue weighted by atomic mass is 16.5. The Hall–Kier alpha value is -1.31. The van der Waals surface area contributed by atoms with Crippen LogP contribution in [-0.2, 0) is 15.6 Å². The van der Waals surface area contributed by atoms with Crippen LogP contribution in [0.2, 0.25) is 0 Å². The molecule has 17 heavy (non-hydrogen) atoms. The van der Waals surface area contributed by atoms with E-state index in [0.717, 1.165) is 11.1 Å². The topological polar surface area (TPSA) is 26.3 Å². The van der Waals surface area contributed by atoms with Crippen molar-refractivity contribution in [3.05, 3.63) is 29.3 Å². The third-order valence-electron chi connectivity index (χ3n) is 2.77. The molecule has 0 atom stereocenters. The predicted octanol–water partition coefficient (Wildman–Crippen LogP) is 3.73. The van der Waals surface area contributed by atoms with Crippen molar-refractivity contribution in [2.24, 2.45) is 0 Å². The minimum atomic E-state index is -0.0621. The van der Waals surface area contributed by atoms with Gasteiger partial charge < -0.3 is 4.74 Å². The first kappa shape index (κ1) is 13.8. The van der Waals surface area contributed by atoms with Crippen molar-refractivity contribution in [2.75, 3.05) is 0 Å². The van der Waals surface area contributed by atoms with Crippen LogP contribution in [0.3, 0.4) is 0 Å². The molecule has 0 aliphatic carbocycles. The molecular weight excluding hydrogens is 212 g/mol. The molecule has 0 bridgehead atoms. The number of benzene rings is 1. The van der Waals surface area contributed by atoms with Gasteiger partial charge in [0.15, 0.2) is 0 Å². The number of hydrogen-bond acceptors (Lipinski definition) is 2. The zero-order valence-electron chi connectivity index (χ0n) is 11.5. The second-order valence-electron chi connectivity index (χ2n) is 6.37. The normalized spacial score (nSPS) is 12.4. The molecule has 1 aromatic carbocycles. The second kappa shape index (κ2) is 4.52. The molecule has 0 amide bonds. The smallest absolute Gasteiger partial charge is 0.417 e. The number of ether oxygens (including phenoxy) is 1. The lowest BCUT2D eigenvalue weighted by atomic mass is 9.79. The summed E-state index contributed by atoms with van der Waals surface area (Å²) >= 11 is 0. The molecule has 0 saturated heterocycles. The third-order valence-corrected chi connectivity index (χ3v) is 2.77. The van der Waals surface area contributed by atoms with Gasteiger partial charge in [-0.15, -0.1) is 0 Å². The lowest BCUT2D eigenvalue weighted by Crippen LogP contribution is -2.19. The lowest BCUT2D eigenvalue weighted by molar-refractivity contribution is 0.419. The summed E-state index contributed by atoms with van der Waals surface area (Å²) in [7, 11) is 0. The summed E-state index contributed by atoms with van der Waals surface area (Å²) in [5, 5.41) is 0. The number of para-hydroxylation sites is 1. The van der Waals surface area contributed by atoms with Crippen molar-refractivity contribution in [1.82, 2.24) is 0 Å². The largest absolute Gasteiger partial charge is 0.423 e. The van der Waals surface area contributed by atoms with E-state index >= 15 is 0 Å². The first-order valence-corrected chi connectivity index (χ1v) is 5.86. The van der Waals surface area contributed by atoms with Gasteiger partial charge >= 0.3 is 6.47 Å². The fourth-order valence-corrected chi connectivity index (χ4v) is 1.87. The molecule has 1 radical (unpaired) electrons. The quantitative estimate of drug-likeness (QED) is 0.778. The SMILES string of the molecule is CC(C)(C)c1cccc(C(C)(C)C)c1O[C]=O. The zero-order chi connectivity index (χ0) is 13.3. The molecule has 2 heteroatoms.